The molecule has 5 nitrogen and oxygen atoms in total. The van der Waals surface area contributed by atoms with Gasteiger partial charge < -0.3 is 16.4 Å². The molecular weight excluding hydrogens is 194 g/mol. The molecule has 0 aromatic rings. The Hall–Kier alpha value is -1.10. The fourth-order valence-electron chi connectivity index (χ4n) is 1.06. The van der Waals surface area contributed by atoms with Crippen LogP contribution < -0.4 is 11.5 Å². The molecule has 0 bridgehead atoms. The summed E-state index contributed by atoms with van der Waals surface area (Å²) in [5.41, 5.74) is 9.54. The lowest BCUT2D eigenvalue weighted by molar-refractivity contribution is -0.144. The van der Waals surface area contributed by atoms with Crippen molar-refractivity contribution < 1.29 is 9.59 Å². The Morgan fingerprint density at radius 2 is 1.60 bits per heavy atom. The zero-order valence-electron chi connectivity index (χ0n) is 10.1. The van der Waals surface area contributed by atoms with Crippen LogP contribution in [0.2, 0.25) is 0 Å². The zero-order valence-corrected chi connectivity index (χ0v) is 10.1. The summed E-state index contributed by atoms with van der Waals surface area (Å²) in [6.45, 7) is 6.99. The van der Waals surface area contributed by atoms with Gasteiger partial charge in [0, 0.05) is 12.6 Å². The van der Waals surface area contributed by atoms with Crippen LogP contribution in [0.5, 0.6) is 0 Å². The van der Waals surface area contributed by atoms with Gasteiger partial charge in [-0.2, -0.15) is 0 Å². The summed E-state index contributed by atoms with van der Waals surface area (Å²) in [6, 6.07) is 0. The van der Waals surface area contributed by atoms with Crippen molar-refractivity contribution in [1.29, 1.82) is 0 Å². The highest BCUT2D eigenvalue weighted by Crippen LogP contribution is 2.29. The van der Waals surface area contributed by atoms with E-state index in [4.69, 9.17) is 11.5 Å². The molecule has 0 aliphatic rings. The van der Waals surface area contributed by atoms with E-state index in [1.165, 1.54) is 4.90 Å². The van der Waals surface area contributed by atoms with E-state index in [-0.39, 0.29) is 12.5 Å². The molecule has 0 saturated heterocycles. The van der Waals surface area contributed by atoms with Crippen LogP contribution >= 0.6 is 0 Å². The van der Waals surface area contributed by atoms with Crippen molar-refractivity contribution in [1.82, 2.24) is 4.90 Å². The summed E-state index contributed by atoms with van der Waals surface area (Å²) < 4.78 is 0. The summed E-state index contributed by atoms with van der Waals surface area (Å²) in [7, 11) is 1.54. The number of rotatable bonds is 4. The summed E-state index contributed by atoms with van der Waals surface area (Å²) >= 11 is 0. The molecule has 0 aromatic heterocycles. The number of nitrogens with two attached hydrogens (primary N) is 2. The molecule has 0 aliphatic heterocycles. The molecule has 0 saturated carbocycles. The van der Waals surface area contributed by atoms with Crippen LogP contribution in [0, 0.1) is 5.41 Å². The molecule has 0 atom stereocenters. The second-order valence-electron chi connectivity index (χ2n) is 4.97. The quantitative estimate of drug-likeness (QED) is 0.674. The summed E-state index contributed by atoms with van der Waals surface area (Å²) in [5.74, 6) is -0.717. The van der Waals surface area contributed by atoms with Gasteiger partial charge in [-0.15, -0.1) is 0 Å². The van der Waals surface area contributed by atoms with Gasteiger partial charge in [-0.1, -0.05) is 0 Å². The molecule has 0 fully saturated rings. The predicted molar refractivity (Wildman–Crippen MR) is 58.9 cm³/mol. The Labute approximate surface area is 90.8 Å². The number of hydrogen-bond acceptors (Lipinski definition) is 3. The third-order valence-electron chi connectivity index (χ3n) is 2.89. The van der Waals surface area contributed by atoms with Gasteiger partial charge in [0.1, 0.15) is 0 Å². The topological polar surface area (TPSA) is 89.4 Å². The van der Waals surface area contributed by atoms with Gasteiger partial charge in [0.05, 0.1) is 12.0 Å². The Morgan fingerprint density at radius 3 is 1.87 bits per heavy atom. The van der Waals surface area contributed by atoms with Crippen LogP contribution in [0.4, 0.5) is 0 Å². The number of amides is 2. The molecule has 88 valence electrons. The normalized spacial score (nSPS) is 12.4. The van der Waals surface area contributed by atoms with Crippen molar-refractivity contribution in [3.63, 3.8) is 0 Å². The monoisotopic (exact) mass is 215 g/mol. The van der Waals surface area contributed by atoms with Gasteiger partial charge in [-0.3, -0.25) is 9.59 Å². The number of nitrogens with zero attached hydrogens (tertiary/aromatic N) is 1. The smallest absolute Gasteiger partial charge is 0.237 e. The maximum Gasteiger partial charge on any atom is 0.237 e. The van der Waals surface area contributed by atoms with Crippen LogP contribution in [-0.4, -0.2) is 35.8 Å². The number of hydrogen-bond donors (Lipinski definition) is 2. The number of primary amides is 1. The number of likely N-dealkylation sites (N-methyl/N-ethyl adjacent to an activating group) is 1. The van der Waals surface area contributed by atoms with Crippen molar-refractivity contribution >= 4 is 11.8 Å². The SMILES string of the molecule is CN(CC(N)=O)C(=O)C(C)(C)C(C)(C)N. The molecule has 4 N–H and O–H groups in total. The highest BCUT2D eigenvalue weighted by molar-refractivity contribution is 5.87. The van der Waals surface area contributed by atoms with Crippen LogP contribution in [0.1, 0.15) is 27.7 Å². The van der Waals surface area contributed by atoms with Crippen molar-refractivity contribution in [3.8, 4) is 0 Å². The van der Waals surface area contributed by atoms with Gasteiger partial charge in [0.25, 0.3) is 0 Å². The first-order chi connectivity index (χ1) is 6.50. The van der Waals surface area contributed by atoms with E-state index in [0.717, 1.165) is 0 Å². The molecule has 0 rings (SSSR count). The van der Waals surface area contributed by atoms with Crippen molar-refractivity contribution in [2.75, 3.05) is 13.6 Å². The standard InChI is InChI=1S/C10H21N3O2/c1-9(2,10(3,4)12)8(15)13(5)6-7(11)14/h6,12H2,1-5H3,(H2,11,14). The van der Waals surface area contributed by atoms with E-state index in [2.05, 4.69) is 0 Å². The van der Waals surface area contributed by atoms with E-state index in [0.29, 0.717) is 0 Å². The second-order valence-corrected chi connectivity index (χ2v) is 4.97. The summed E-state index contributed by atoms with van der Waals surface area (Å²) in [5, 5.41) is 0. The minimum absolute atomic E-state index is 0.0850. The zero-order chi connectivity index (χ0) is 12.4. The third kappa shape index (κ3) is 3.20. The van der Waals surface area contributed by atoms with Crippen LogP contribution in [-0.2, 0) is 9.59 Å². The van der Waals surface area contributed by atoms with Crippen LogP contribution in [0.15, 0.2) is 0 Å². The van der Waals surface area contributed by atoms with Gasteiger partial charge >= 0.3 is 0 Å². The van der Waals surface area contributed by atoms with Gasteiger partial charge in [0.15, 0.2) is 0 Å². The molecule has 5 heteroatoms. The first-order valence-electron chi connectivity index (χ1n) is 4.83. The van der Waals surface area contributed by atoms with Crippen molar-refractivity contribution in [2.45, 2.75) is 33.2 Å². The first kappa shape index (κ1) is 13.9. The molecule has 15 heavy (non-hydrogen) atoms. The molecule has 0 aromatic carbocycles. The van der Waals surface area contributed by atoms with Gasteiger partial charge in [-0.25, -0.2) is 0 Å². The maximum atomic E-state index is 12.0. The van der Waals surface area contributed by atoms with E-state index in [1.54, 1.807) is 34.7 Å². The second kappa shape index (κ2) is 4.18. The number of carbonyl (C=O) groups excluding carboxylic acids is 2. The average molecular weight is 215 g/mol. The molecule has 0 aliphatic carbocycles. The van der Waals surface area contributed by atoms with E-state index in [1.807, 2.05) is 0 Å². The molecule has 0 radical (unpaired) electrons. The van der Waals surface area contributed by atoms with Crippen molar-refractivity contribution in [2.24, 2.45) is 16.9 Å². The minimum atomic E-state index is -0.739. The average Bonchev–Trinajstić information content (AvgIpc) is 1.99. The molecule has 2 amide bonds. The predicted octanol–water partition coefficient (Wildman–Crippen LogP) is -0.306. The van der Waals surface area contributed by atoms with Crippen molar-refractivity contribution in [3.05, 3.63) is 0 Å². The first-order valence-corrected chi connectivity index (χ1v) is 4.83. The van der Waals surface area contributed by atoms with E-state index >= 15 is 0 Å². The fourth-order valence-corrected chi connectivity index (χ4v) is 1.06. The highest BCUT2D eigenvalue weighted by Gasteiger charge is 2.42. The third-order valence-corrected chi connectivity index (χ3v) is 2.89. The Morgan fingerprint density at radius 1 is 1.20 bits per heavy atom. The Kier molecular flexibility index (Phi) is 3.88. The Balaban J connectivity index is 4.78. The molecule has 0 unspecified atom stereocenters. The van der Waals surface area contributed by atoms with Gasteiger partial charge in [-0.05, 0) is 27.7 Å². The maximum absolute atomic E-state index is 12.0. The number of carbonyl (C=O) groups is 2. The molecule has 0 spiro atoms. The lowest BCUT2D eigenvalue weighted by Crippen LogP contribution is -2.56. The van der Waals surface area contributed by atoms with E-state index in [9.17, 15) is 9.59 Å². The minimum Gasteiger partial charge on any atom is -0.368 e. The van der Waals surface area contributed by atoms with Gasteiger partial charge in [0.2, 0.25) is 11.8 Å². The van der Waals surface area contributed by atoms with Crippen LogP contribution in [0.25, 0.3) is 0 Å². The van der Waals surface area contributed by atoms with E-state index < -0.39 is 16.9 Å². The Bertz CT molecular complexity index is 266. The summed E-state index contributed by atoms with van der Waals surface area (Å²) in [4.78, 5) is 24.0. The molecular formula is C10H21N3O2. The highest BCUT2D eigenvalue weighted by atomic mass is 16.2. The largest absolute Gasteiger partial charge is 0.368 e. The molecule has 0 heterocycles. The fraction of sp³-hybridized carbons (Fsp3) is 0.800. The van der Waals surface area contributed by atoms with Crippen LogP contribution in [0.3, 0.4) is 0 Å². The summed E-state index contributed by atoms with van der Waals surface area (Å²) in [6.07, 6.45) is 0. The lowest BCUT2D eigenvalue weighted by Gasteiger charge is -2.39. The lowest BCUT2D eigenvalue weighted by atomic mass is 9.74.